The number of ether oxygens (including phenoxy) is 5. The molecule has 0 atom stereocenters. The van der Waals surface area contributed by atoms with E-state index in [0.29, 0.717) is 19.8 Å². The number of hydrogen-bond acceptors (Lipinski definition) is 7. The maximum atomic E-state index is 12.2. The Bertz CT molecular complexity index is 621. The highest BCUT2D eigenvalue weighted by molar-refractivity contribution is 6.02. The molecular formula is C22H34O8. The summed E-state index contributed by atoms with van der Waals surface area (Å²) in [6, 6.07) is 5.90. The number of rotatable bonds is 17. The highest BCUT2D eigenvalue weighted by Crippen LogP contribution is 2.18. The number of unbranched alkanes of at least 4 members (excludes halogenated alkanes) is 2. The fraction of sp³-hybridized carbons (Fsp3) is 0.636. The first-order valence-corrected chi connectivity index (χ1v) is 10.5. The molecule has 8 nitrogen and oxygen atoms in total. The molecule has 8 heteroatoms. The van der Waals surface area contributed by atoms with E-state index in [1.165, 1.54) is 12.1 Å². The lowest BCUT2D eigenvalue weighted by Crippen LogP contribution is -2.45. The zero-order valence-corrected chi connectivity index (χ0v) is 18.2. The molecule has 0 unspecified atom stereocenters. The summed E-state index contributed by atoms with van der Waals surface area (Å²) < 4.78 is 28.2. The van der Waals surface area contributed by atoms with Crippen LogP contribution in [0.5, 0.6) is 0 Å². The van der Waals surface area contributed by atoms with Crippen molar-refractivity contribution in [1.29, 1.82) is 0 Å². The average molecular weight is 427 g/mol. The van der Waals surface area contributed by atoms with Crippen LogP contribution in [0.4, 0.5) is 0 Å². The van der Waals surface area contributed by atoms with Gasteiger partial charge >= 0.3 is 17.9 Å². The lowest BCUT2D eigenvalue weighted by molar-refractivity contribution is -0.394. The number of esters is 1. The predicted molar refractivity (Wildman–Crippen MR) is 111 cm³/mol. The van der Waals surface area contributed by atoms with Crippen molar-refractivity contribution in [3.8, 4) is 0 Å². The molecule has 0 aliphatic rings. The molecule has 0 radical (unpaired) electrons. The van der Waals surface area contributed by atoms with Crippen molar-refractivity contribution in [1.82, 2.24) is 0 Å². The maximum absolute atomic E-state index is 12.2. The Morgan fingerprint density at radius 2 is 1.47 bits per heavy atom. The Morgan fingerprint density at radius 1 is 0.867 bits per heavy atom. The van der Waals surface area contributed by atoms with Gasteiger partial charge in [0.1, 0.15) is 13.2 Å². The molecule has 0 aromatic heterocycles. The number of carbonyl (C=O) groups is 2. The Morgan fingerprint density at radius 3 is 2.00 bits per heavy atom. The van der Waals surface area contributed by atoms with Crippen molar-refractivity contribution >= 4 is 11.9 Å². The van der Waals surface area contributed by atoms with Crippen molar-refractivity contribution in [2.24, 2.45) is 0 Å². The van der Waals surface area contributed by atoms with E-state index in [2.05, 4.69) is 13.8 Å². The standard InChI is InChI=1S/C22H34O8/c1-4-7-13-29-22(28-6-3,30-14-8-5-2)17-26-15-16-27-21(25)19-12-10-9-11-18(19)20(23)24/h9-12H,4-8,13-17H2,1-3H3,(H,23,24). The Labute approximate surface area is 178 Å². The van der Waals surface area contributed by atoms with E-state index in [1.54, 1.807) is 12.1 Å². The zero-order chi connectivity index (χ0) is 22.2. The summed E-state index contributed by atoms with van der Waals surface area (Å²) >= 11 is 0. The summed E-state index contributed by atoms with van der Waals surface area (Å²) in [5.41, 5.74) is -0.105. The molecule has 0 saturated heterocycles. The van der Waals surface area contributed by atoms with Crippen molar-refractivity contribution < 1.29 is 38.4 Å². The van der Waals surface area contributed by atoms with Gasteiger partial charge in [0.05, 0.1) is 30.9 Å². The molecule has 170 valence electrons. The van der Waals surface area contributed by atoms with E-state index in [1.807, 2.05) is 6.92 Å². The second kappa shape index (κ2) is 14.9. The number of carboxylic acids is 1. The van der Waals surface area contributed by atoms with Crippen LogP contribution in [0.2, 0.25) is 0 Å². The second-order valence-electron chi connectivity index (χ2n) is 6.56. The minimum absolute atomic E-state index is 0.000499. The topological polar surface area (TPSA) is 101 Å². The number of aromatic carboxylic acids is 1. The molecule has 1 N–H and O–H groups in total. The van der Waals surface area contributed by atoms with Crippen LogP contribution in [0.3, 0.4) is 0 Å². The van der Waals surface area contributed by atoms with E-state index in [4.69, 9.17) is 28.8 Å². The summed E-state index contributed by atoms with van der Waals surface area (Å²) in [6.45, 7) is 7.40. The van der Waals surface area contributed by atoms with Crippen molar-refractivity contribution in [2.45, 2.75) is 52.4 Å². The van der Waals surface area contributed by atoms with Gasteiger partial charge in [-0.15, -0.1) is 0 Å². The second-order valence-corrected chi connectivity index (χ2v) is 6.56. The van der Waals surface area contributed by atoms with Crippen LogP contribution < -0.4 is 0 Å². The van der Waals surface area contributed by atoms with Gasteiger partial charge in [-0.2, -0.15) is 0 Å². The number of hydrogen-bond donors (Lipinski definition) is 1. The summed E-state index contributed by atoms with van der Waals surface area (Å²) in [6.07, 6.45) is 3.69. The molecule has 0 saturated carbocycles. The van der Waals surface area contributed by atoms with Gasteiger partial charge in [-0.3, -0.25) is 0 Å². The fourth-order valence-electron chi connectivity index (χ4n) is 2.53. The molecule has 1 aromatic carbocycles. The van der Waals surface area contributed by atoms with Gasteiger partial charge in [-0.25, -0.2) is 9.59 Å². The maximum Gasteiger partial charge on any atom is 0.339 e. The average Bonchev–Trinajstić information content (AvgIpc) is 2.74. The minimum Gasteiger partial charge on any atom is -0.478 e. The van der Waals surface area contributed by atoms with Gasteiger partial charge in [0, 0.05) is 6.61 Å². The van der Waals surface area contributed by atoms with Crippen LogP contribution in [0.15, 0.2) is 24.3 Å². The van der Waals surface area contributed by atoms with Crippen LogP contribution in [-0.2, 0) is 23.7 Å². The van der Waals surface area contributed by atoms with E-state index in [0.717, 1.165) is 25.7 Å². The summed E-state index contributed by atoms with van der Waals surface area (Å²) in [7, 11) is 0. The fourth-order valence-corrected chi connectivity index (χ4v) is 2.53. The Balaban J connectivity index is 2.56. The van der Waals surface area contributed by atoms with Crippen LogP contribution >= 0.6 is 0 Å². The van der Waals surface area contributed by atoms with Crippen molar-refractivity contribution in [2.75, 3.05) is 39.6 Å². The van der Waals surface area contributed by atoms with Gasteiger partial charge in [0.15, 0.2) is 0 Å². The monoisotopic (exact) mass is 426 g/mol. The van der Waals surface area contributed by atoms with Gasteiger partial charge in [-0.1, -0.05) is 38.8 Å². The zero-order valence-electron chi connectivity index (χ0n) is 18.2. The van der Waals surface area contributed by atoms with E-state index >= 15 is 0 Å². The molecule has 1 rings (SSSR count). The van der Waals surface area contributed by atoms with Gasteiger partial charge in [0.25, 0.3) is 0 Å². The Hall–Kier alpha value is -2.00. The summed E-state index contributed by atoms with van der Waals surface area (Å²) in [5.74, 6) is -3.20. The molecule has 0 bridgehead atoms. The largest absolute Gasteiger partial charge is 0.478 e. The van der Waals surface area contributed by atoms with Crippen LogP contribution in [-0.4, -0.2) is 62.7 Å². The lowest BCUT2D eigenvalue weighted by Gasteiger charge is -2.32. The number of carbonyl (C=O) groups excluding carboxylic acids is 1. The quantitative estimate of drug-likeness (QED) is 0.228. The third kappa shape index (κ3) is 9.21. The summed E-state index contributed by atoms with van der Waals surface area (Å²) in [5, 5.41) is 9.17. The molecule has 0 aliphatic heterocycles. The normalized spacial score (nSPS) is 11.4. The number of benzene rings is 1. The molecule has 0 heterocycles. The van der Waals surface area contributed by atoms with E-state index < -0.39 is 17.9 Å². The van der Waals surface area contributed by atoms with Crippen LogP contribution in [0, 0.1) is 0 Å². The molecule has 0 fully saturated rings. The highest BCUT2D eigenvalue weighted by Gasteiger charge is 2.34. The molecule has 0 spiro atoms. The lowest BCUT2D eigenvalue weighted by atomic mass is 10.1. The van der Waals surface area contributed by atoms with E-state index in [-0.39, 0.29) is 30.9 Å². The first-order valence-electron chi connectivity index (χ1n) is 10.5. The first kappa shape index (κ1) is 26.0. The molecule has 0 aliphatic carbocycles. The molecule has 30 heavy (non-hydrogen) atoms. The third-order valence-electron chi connectivity index (χ3n) is 4.12. The minimum atomic E-state index is -1.29. The summed E-state index contributed by atoms with van der Waals surface area (Å²) in [4.78, 5) is 23.4. The SMILES string of the molecule is CCCCOC(COCCOC(=O)c1ccccc1C(=O)O)(OCC)OCCCC. The molecule has 1 aromatic rings. The van der Waals surface area contributed by atoms with Crippen molar-refractivity contribution in [3.05, 3.63) is 35.4 Å². The van der Waals surface area contributed by atoms with Gasteiger partial charge < -0.3 is 28.8 Å². The van der Waals surface area contributed by atoms with Crippen LogP contribution in [0.1, 0.15) is 67.2 Å². The van der Waals surface area contributed by atoms with Gasteiger partial charge in [-0.05, 0) is 31.9 Å². The van der Waals surface area contributed by atoms with Crippen LogP contribution in [0.25, 0.3) is 0 Å². The van der Waals surface area contributed by atoms with Gasteiger partial charge in [0.2, 0.25) is 0 Å². The Kier molecular flexibility index (Phi) is 12.9. The smallest absolute Gasteiger partial charge is 0.339 e. The predicted octanol–water partition coefficient (Wildman–Crippen LogP) is 3.88. The van der Waals surface area contributed by atoms with E-state index in [9.17, 15) is 9.59 Å². The highest BCUT2D eigenvalue weighted by atomic mass is 16.9. The van der Waals surface area contributed by atoms with Crippen molar-refractivity contribution in [3.63, 3.8) is 0 Å². The molecule has 0 amide bonds. The number of carboxylic acid groups (broad SMARTS) is 1. The first-order chi connectivity index (χ1) is 14.5. The third-order valence-corrected chi connectivity index (χ3v) is 4.12. The molecular weight excluding hydrogens is 392 g/mol.